The normalized spacial score (nSPS) is 16.6. The van der Waals surface area contributed by atoms with Gasteiger partial charge in [-0.25, -0.2) is 9.69 Å². The number of hydrogen-bond donors (Lipinski definition) is 1. The Morgan fingerprint density at radius 2 is 1.75 bits per heavy atom. The van der Waals surface area contributed by atoms with Crippen LogP contribution in [0.25, 0.3) is 6.08 Å². The maximum absolute atomic E-state index is 12.3. The molecule has 0 unspecified atom stereocenters. The second-order valence-electron chi connectivity index (χ2n) is 4.22. The van der Waals surface area contributed by atoms with Gasteiger partial charge in [-0.05, 0) is 30.3 Å². The minimum Gasteiger partial charge on any atom is -0.302 e. The average Bonchev–Trinajstić information content (AvgIpc) is 2.75. The van der Waals surface area contributed by atoms with Crippen LogP contribution >= 0.6 is 0 Å². The van der Waals surface area contributed by atoms with Crippen molar-refractivity contribution in [3.63, 3.8) is 0 Å². The second-order valence-corrected chi connectivity index (χ2v) is 4.22. The van der Waals surface area contributed by atoms with Crippen LogP contribution in [0.2, 0.25) is 0 Å². The van der Waals surface area contributed by atoms with Gasteiger partial charge >= 0.3 is 6.03 Å². The van der Waals surface area contributed by atoms with Gasteiger partial charge in [0.1, 0.15) is 5.70 Å². The number of imide groups is 1. The highest BCUT2D eigenvalue weighted by Crippen LogP contribution is 2.21. The summed E-state index contributed by atoms with van der Waals surface area (Å²) in [4.78, 5) is 29.4. The van der Waals surface area contributed by atoms with Gasteiger partial charge in [0.2, 0.25) is 0 Å². The first kappa shape index (κ1) is 12.1. The van der Waals surface area contributed by atoms with Gasteiger partial charge in [-0.15, -0.1) is 0 Å². The predicted octanol–water partition coefficient (Wildman–Crippen LogP) is 2.18. The molecular weight excluding hydrogens is 254 g/mol. The zero-order valence-electron chi connectivity index (χ0n) is 10.5. The van der Waals surface area contributed by atoms with E-state index in [-0.39, 0.29) is 11.6 Å². The summed E-state index contributed by atoms with van der Waals surface area (Å²) in [7, 11) is 0. The fourth-order valence-electron chi connectivity index (χ4n) is 1.96. The fraction of sp³-hybridized carbons (Fsp3) is 0. The van der Waals surface area contributed by atoms with Crippen LogP contribution in [0.3, 0.4) is 0 Å². The molecule has 1 saturated heterocycles. The van der Waals surface area contributed by atoms with Gasteiger partial charge in [0.25, 0.3) is 5.91 Å². The molecule has 2 heterocycles. The van der Waals surface area contributed by atoms with Gasteiger partial charge in [-0.2, -0.15) is 0 Å². The number of pyridine rings is 1. The predicted molar refractivity (Wildman–Crippen MR) is 74.7 cm³/mol. The van der Waals surface area contributed by atoms with E-state index in [0.717, 1.165) is 4.90 Å². The molecule has 0 bridgehead atoms. The van der Waals surface area contributed by atoms with Crippen molar-refractivity contribution in [1.29, 1.82) is 0 Å². The Bertz CT molecular complexity index is 681. The molecule has 0 atom stereocenters. The Labute approximate surface area is 115 Å². The number of benzene rings is 1. The highest BCUT2D eigenvalue weighted by atomic mass is 16.2. The Balaban J connectivity index is 1.93. The molecule has 3 amide bonds. The first-order chi connectivity index (χ1) is 9.75. The molecule has 3 rings (SSSR count). The summed E-state index contributed by atoms with van der Waals surface area (Å²) in [5, 5.41) is 2.56. The summed E-state index contributed by atoms with van der Waals surface area (Å²) < 4.78 is 0. The SMILES string of the molecule is O=C1N/C(=C/c2ccccn2)C(=O)N1c1ccccc1. The lowest BCUT2D eigenvalue weighted by Gasteiger charge is -2.10. The summed E-state index contributed by atoms with van der Waals surface area (Å²) in [6, 6.07) is 13.7. The van der Waals surface area contributed by atoms with Crippen LogP contribution in [-0.4, -0.2) is 16.9 Å². The quantitative estimate of drug-likeness (QED) is 0.668. The zero-order valence-corrected chi connectivity index (χ0v) is 10.5. The van der Waals surface area contributed by atoms with E-state index in [4.69, 9.17) is 0 Å². The molecule has 0 radical (unpaired) electrons. The molecule has 98 valence electrons. The van der Waals surface area contributed by atoms with Gasteiger partial charge in [0.15, 0.2) is 0 Å². The lowest BCUT2D eigenvalue weighted by atomic mass is 10.2. The van der Waals surface area contributed by atoms with Crippen molar-refractivity contribution in [2.45, 2.75) is 0 Å². The fourth-order valence-corrected chi connectivity index (χ4v) is 1.96. The number of carbonyl (C=O) groups is 2. The van der Waals surface area contributed by atoms with Crippen molar-refractivity contribution >= 4 is 23.7 Å². The summed E-state index contributed by atoms with van der Waals surface area (Å²) >= 11 is 0. The Morgan fingerprint density at radius 1 is 1.00 bits per heavy atom. The third-order valence-corrected chi connectivity index (χ3v) is 2.87. The number of urea groups is 1. The van der Waals surface area contributed by atoms with Crippen molar-refractivity contribution in [3.8, 4) is 0 Å². The Morgan fingerprint density at radius 3 is 2.45 bits per heavy atom. The van der Waals surface area contributed by atoms with Crippen LogP contribution in [-0.2, 0) is 4.79 Å². The molecule has 1 N–H and O–H groups in total. The van der Waals surface area contributed by atoms with Gasteiger partial charge < -0.3 is 5.32 Å². The van der Waals surface area contributed by atoms with Crippen molar-refractivity contribution in [1.82, 2.24) is 10.3 Å². The Kier molecular flexibility index (Phi) is 3.01. The van der Waals surface area contributed by atoms with Gasteiger partial charge in [-0.1, -0.05) is 24.3 Å². The zero-order chi connectivity index (χ0) is 13.9. The number of anilines is 1. The molecule has 1 aliphatic rings. The standard InChI is InChI=1S/C15H11N3O2/c19-14-13(10-11-6-4-5-9-16-11)17-15(20)18(14)12-7-2-1-3-8-12/h1-10H,(H,17,20)/b13-10+. The highest BCUT2D eigenvalue weighted by Gasteiger charge is 2.34. The van der Waals surface area contributed by atoms with E-state index in [1.165, 1.54) is 0 Å². The van der Waals surface area contributed by atoms with Crippen LogP contribution in [0.1, 0.15) is 5.69 Å². The molecule has 0 aliphatic carbocycles. The molecule has 20 heavy (non-hydrogen) atoms. The molecule has 2 aromatic rings. The number of amides is 3. The minimum atomic E-state index is -0.455. The van der Waals surface area contributed by atoms with E-state index in [9.17, 15) is 9.59 Å². The maximum atomic E-state index is 12.3. The largest absolute Gasteiger partial charge is 0.333 e. The molecule has 1 aromatic carbocycles. The van der Waals surface area contributed by atoms with Crippen molar-refractivity contribution in [2.24, 2.45) is 0 Å². The first-order valence-electron chi connectivity index (χ1n) is 6.09. The van der Waals surface area contributed by atoms with E-state index in [0.29, 0.717) is 11.4 Å². The summed E-state index contributed by atoms with van der Waals surface area (Å²) in [5.74, 6) is -0.383. The number of para-hydroxylation sites is 1. The van der Waals surface area contributed by atoms with Crippen LogP contribution in [0.15, 0.2) is 60.4 Å². The number of carbonyl (C=O) groups excluding carboxylic acids is 2. The minimum absolute atomic E-state index is 0.220. The molecule has 1 fully saturated rings. The van der Waals surface area contributed by atoms with E-state index in [2.05, 4.69) is 10.3 Å². The first-order valence-corrected chi connectivity index (χ1v) is 6.09. The van der Waals surface area contributed by atoms with E-state index in [1.807, 2.05) is 12.1 Å². The summed E-state index contributed by atoms with van der Waals surface area (Å²) in [6.07, 6.45) is 3.19. The summed E-state index contributed by atoms with van der Waals surface area (Å²) in [5.41, 5.74) is 1.38. The van der Waals surface area contributed by atoms with E-state index in [1.54, 1.807) is 48.7 Å². The number of aromatic nitrogens is 1. The monoisotopic (exact) mass is 265 g/mol. The van der Waals surface area contributed by atoms with Crippen molar-refractivity contribution in [3.05, 3.63) is 66.1 Å². The molecule has 0 saturated carbocycles. The summed E-state index contributed by atoms with van der Waals surface area (Å²) in [6.45, 7) is 0. The van der Waals surface area contributed by atoms with Gasteiger partial charge in [-0.3, -0.25) is 9.78 Å². The molecule has 1 aromatic heterocycles. The molecular formula is C15H11N3O2. The smallest absolute Gasteiger partial charge is 0.302 e. The third kappa shape index (κ3) is 2.16. The van der Waals surface area contributed by atoms with E-state index >= 15 is 0 Å². The van der Waals surface area contributed by atoms with Crippen molar-refractivity contribution in [2.75, 3.05) is 4.90 Å². The maximum Gasteiger partial charge on any atom is 0.333 e. The number of nitrogens with one attached hydrogen (secondary N) is 1. The van der Waals surface area contributed by atoms with E-state index < -0.39 is 6.03 Å². The lowest BCUT2D eigenvalue weighted by Crippen LogP contribution is -2.30. The lowest BCUT2D eigenvalue weighted by molar-refractivity contribution is -0.113. The van der Waals surface area contributed by atoms with Gasteiger partial charge in [0.05, 0.1) is 11.4 Å². The van der Waals surface area contributed by atoms with Crippen LogP contribution in [0, 0.1) is 0 Å². The topological polar surface area (TPSA) is 62.3 Å². The Hall–Kier alpha value is -2.95. The highest BCUT2D eigenvalue weighted by molar-refractivity contribution is 6.28. The van der Waals surface area contributed by atoms with Crippen LogP contribution in [0.5, 0.6) is 0 Å². The number of rotatable bonds is 2. The molecule has 5 nitrogen and oxygen atoms in total. The van der Waals surface area contributed by atoms with Crippen LogP contribution < -0.4 is 10.2 Å². The molecule has 1 aliphatic heterocycles. The van der Waals surface area contributed by atoms with Crippen LogP contribution in [0.4, 0.5) is 10.5 Å². The van der Waals surface area contributed by atoms with Crippen molar-refractivity contribution < 1.29 is 9.59 Å². The molecule has 5 heteroatoms. The molecule has 0 spiro atoms. The number of hydrogen-bond acceptors (Lipinski definition) is 3. The second kappa shape index (κ2) is 4.97. The average molecular weight is 265 g/mol. The van der Waals surface area contributed by atoms with Gasteiger partial charge in [0, 0.05) is 6.20 Å². The number of nitrogens with zero attached hydrogens (tertiary/aromatic N) is 2. The third-order valence-electron chi connectivity index (χ3n) is 2.87.